The number of ketones is 1. The second-order valence-electron chi connectivity index (χ2n) is 6.39. The number of rotatable bonds is 8. The molecule has 0 unspecified atom stereocenters. The average molecular weight is 410 g/mol. The van der Waals surface area contributed by atoms with Gasteiger partial charge in [-0.1, -0.05) is 18.2 Å². The fourth-order valence-corrected chi connectivity index (χ4v) is 3.75. The van der Waals surface area contributed by atoms with Crippen molar-refractivity contribution < 1.29 is 19.1 Å². The number of aryl methyl sites for hydroxylation is 1. The summed E-state index contributed by atoms with van der Waals surface area (Å²) in [7, 11) is 1.60. The maximum absolute atomic E-state index is 12.1. The largest absolute Gasteiger partial charge is 0.496 e. The molecule has 0 aliphatic rings. The van der Waals surface area contributed by atoms with Gasteiger partial charge >= 0.3 is 0 Å². The minimum atomic E-state index is -0.221. The van der Waals surface area contributed by atoms with Gasteiger partial charge in [-0.25, -0.2) is 4.98 Å². The molecule has 0 atom stereocenters. The molecule has 6 nitrogen and oxygen atoms in total. The Kier molecular flexibility index (Phi) is 6.61. The number of hydrogen-bond donors (Lipinski definition) is 1. The van der Waals surface area contributed by atoms with Crippen molar-refractivity contribution in [3.05, 3.63) is 64.7 Å². The summed E-state index contributed by atoms with van der Waals surface area (Å²) in [6, 6.07) is 14.8. The molecule has 0 bridgehead atoms. The van der Waals surface area contributed by atoms with Crippen LogP contribution in [0.15, 0.2) is 48.5 Å². The summed E-state index contributed by atoms with van der Waals surface area (Å²) >= 11 is 1.38. The van der Waals surface area contributed by atoms with Crippen LogP contribution in [0.4, 0.5) is 0 Å². The van der Waals surface area contributed by atoms with E-state index in [1.54, 1.807) is 26.2 Å². The van der Waals surface area contributed by atoms with Gasteiger partial charge in [0.1, 0.15) is 16.5 Å². The predicted molar refractivity (Wildman–Crippen MR) is 113 cm³/mol. The Morgan fingerprint density at radius 1 is 1.10 bits per heavy atom. The van der Waals surface area contributed by atoms with Crippen LogP contribution in [-0.2, 0) is 11.3 Å². The summed E-state index contributed by atoms with van der Waals surface area (Å²) in [5, 5.41) is 3.60. The Bertz CT molecular complexity index is 1010. The summed E-state index contributed by atoms with van der Waals surface area (Å²) in [5.41, 5.74) is 2.54. The zero-order valence-corrected chi connectivity index (χ0v) is 17.3. The highest BCUT2D eigenvalue weighted by Crippen LogP contribution is 2.29. The van der Waals surface area contributed by atoms with Gasteiger partial charge in [-0.05, 0) is 37.3 Å². The molecule has 3 aromatic rings. The smallest absolute Gasteiger partial charge is 0.258 e. The zero-order valence-electron chi connectivity index (χ0n) is 16.5. The number of carbonyl (C=O) groups is 2. The Hall–Kier alpha value is -3.19. The van der Waals surface area contributed by atoms with Crippen LogP contribution in [-0.4, -0.2) is 30.4 Å². The van der Waals surface area contributed by atoms with Crippen LogP contribution in [0.25, 0.3) is 10.6 Å². The Labute approximate surface area is 173 Å². The van der Waals surface area contributed by atoms with Crippen LogP contribution in [0, 0.1) is 6.92 Å². The fourth-order valence-electron chi connectivity index (χ4n) is 2.78. The lowest BCUT2D eigenvalue weighted by atomic mass is 10.2. The van der Waals surface area contributed by atoms with E-state index in [-0.39, 0.29) is 18.3 Å². The molecule has 0 saturated carbocycles. The first kappa shape index (κ1) is 20.5. The van der Waals surface area contributed by atoms with Crippen molar-refractivity contribution in [3.63, 3.8) is 0 Å². The van der Waals surface area contributed by atoms with Gasteiger partial charge in [0.2, 0.25) is 0 Å². The zero-order chi connectivity index (χ0) is 20.8. The molecule has 0 spiro atoms. The number of carbonyl (C=O) groups excluding carboxylic acids is 2. The van der Waals surface area contributed by atoms with E-state index in [0.29, 0.717) is 17.2 Å². The number of aromatic nitrogens is 1. The van der Waals surface area contributed by atoms with Crippen LogP contribution < -0.4 is 14.8 Å². The number of para-hydroxylation sites is 1. The van der Waals surface area contributed by atoms with Gasteiger partial charge in [0.15, 0.2) is 12.4 Å². The van der Waals surface area contributed by atoms with Crippen molar-refractivity contribution in [1.29, 1.82) is 0 Å². The summed E-state index contributed by atoms with van der Waals surface area (Å²) < 4.78 is 10.8. The molecule has 3 rings (SSSR count). The highest BCUT2D eigenvalue weighted by Gasteiger charge is 2.13. The van der Waals surface area contributed by atoms with Crippen molar-refractivity contribution in [2.75, 3.05) is 13.7 Å². The number of thiazole rings is 1. The molecule has 150 valence electrons. The number of nitrogens with one attached hydrogen (secondary N) is 1. The predicted octanol–water partition coefficient (Wildman–Crippen LogP) is 4.02. The summed E-state index contributed by atoms with van der Waals surface area (Å²) in [5.74, 6) is 1.11. The van der Waals surface area contributed by atoms with E-state index >= 15 is 0 Å². The highest BCUT2D eigenvalue weighted by atomic mass is 32.1. The van der Waals surface area contributed by atoms with Gasteiger partial charge in [-0.2, -0.15) is 0 Å². The van der Waals surface area contributed by atoms with E-state index in [4.69, 9.17) is 9.47 Å². The van der Waals surface area contributed by atoms with Crippen molar-refractivity contribution >= 4 is 23.0 Å². The Balaban J connectivity index is 1.54. The van der Waals surface area contributed by atoms with Gasteiger partial charge in [0, 0.05) is 24.6 Å². The number of methoxy groups -OCH3 is 1. The van der Waals surface area contributed by atoms with Crippen LogP contribution in [0.3, 0.4) is 0 Å². The third-order valence-electron chi connectivity index (χ3n) is 4.26. The van der Waals surface area contributed by atoms with Gasteiger partial charge in [-0.3, -0.25) is 9.59 Å². The third-order valence-corrected chi connectivity index (χ3v) is 5.56. The SMILES string of the molecule is COc1ccccc1CNC(=O)COc1ccc(-c2nc(C)c(C(C)=O)s2)cc1. The number of nitrogens with zero attached hydrogens (tertiary/aromatic N) is 1. The number of hydrogen-bond acceptors (Lipinski definition) is 6. The monoisotopic (exact) mass is 410 g/mol. The first-order valence-electron chi connectivity index (χ1n) is 9.08. The lowest BCUT2D eigenvalue weighted by molar-refractivity contribution is -0.123. The van der Waals surface area contributed by atoms with E-state index in [2.05, 4.69) is 10.3 Å². The Morgan fingerprint density at radius 2 is 1.83 bits per heavy atom. The van der Waals surface area contributed by atoms with Crippen LogP contribution in [0.5, 0.6) is 11.5 Å². The molecule has 7 heteroatoms. The second kappa shape index (κ2) is 9.34. The lowest BCUT2D eigenvalue weighted by Gasteiger charge is -2.10. The minimum Gasteiger partial charge on any atom is -0.496 e. The van der Waals surface area contributed by atoms with E-state index in [0.717, 1.165) is 27.6 Å². The maximum Gasteiger partial charge on any atom is 0.258 e. The molecule has 0 aliphatic heterocycles. The van der Waals surface area contributed by atoms with Crippen molar-refractivity contribution in [2.45, 2.75) is 20.4 Å². The molecule has 0 radical (unpaired) electrons. The van der Waals surface area contributed by atoms with E-state index in [1.807, 2.05) is 43.3 Å². The average Bonchev–Trinajstić information content (AvgIpc) is 3.13. The van der Waals surface area contributed by atoms with Crippen LogP contribution in [0.1, 0.15) is 27.9 Å². The number of benzene rings is 2. The summed E-state index contributed by atoms with van der Waals surface area (Å²) in [6.07, 6.45) is 0. The Morgan fingerprint density at radius 3 is 2.48 bits per heavy atom. The second-order valence-corrected chi connectivity index (χ2v) is 7.39. The molecular weight excluding hydrogens is 388 g/mol. The van der Waals surface area contributed by atoms with Crippen molar-refractivity contribution in [3.8, 4) is 22.1 Å². The number of Topliss-reactive ketones (excluding diaryl/α,β-unsaturated/α-hetero) is 1. The minimum absolute atomic E-state index is 0.0188. The number of amides is 1. The first-order valence-corrected chi connectivity index (χ1v) is 9.89. The normalized spacial score (nSPS) is 10.4. The molecule has 29 heavy (non-hydrogen) atoms. The van der Waals surface area contributed by atoms with Gasteiger partial charge in [-0.15, -0.1) is 11.3 Å². The summed E-state index contributed by atoms with van der Waals surface area (Å²) in [4.78, 5) is 28.8. The van der Waals surface area contributed by atoms with Crippen molar-refractivity contribution in [2.24, 2.45) is 0 Å². The van der Waals surface area contributed by atoms with Gasteiger partial charge in [0.05, 0.1) is 17.7 Å². The van der Waals surface area contributed by atoms with Gasteiger partial charge < -0.3 is 14.8 Å². The fraction of sp³-hybridized carbons (Fsp3) is 0.227. The molecule has 1 heterocycles. The molecule has 2 aromatic carbocycles. The van der Waals surface area contributed by atoms with E-state index in [9.17, 15) is 9.59 Å². The third kappa shape index (κ3) is 5.20. The number of ether oxygens (including phenoxy) is 2. The van der Waals surface area contributed by atoms with E-state index in [1.165, 1.54) is 11.3 Å². The van der Waals surface area contributed by atoms with Gasteiger partial charge in [0.25, 0.3) is 5.91 Å². The summed E-state index contributed by atoms with van der Waals surface area (Å²) in [6.45, 7) is 3.66. The molecule has 0 aliphatic carbocycles. The van der Waals surface area contributed by atoms with E-state index < -0.39 is 0 Å². The molecular formula is C22H22N2O4S. The quantitative estimate of drug-likeness (QED) is 0.568. The first-order chi connectivity index (χ1) is 14.0. The highest BCUT2D eigenvalue weighted by molar-refractivity contribution is 7.17. The molecule has 1 N–H and O–H groups in total. The lowest BCUT2D eigenvalue weighted by Crippen LogP contribution is -2.28. The molecule has 1 amide bonds. The maximum atomic E-state index is 12.1. The molecule has 1 aromatic heterocycles. The van der Waals surface area contributed by atoms with Crippen LogP contribution in [0.2, 0.25) is 0 Å². The van der Waals surface area contributed by atoms with Crippen LogP contribution >= 0.6 is 11.3 Å². The molecule has 0 saturated heterocycles. The molecule has 0 fully saturated rings. The van der Waals surface area contributed by atoms with Crippen molar-refractivity contribution in [1.82, 2.24) is 10.3 Å². The standard InChI is InChI=1S/C22H22N2O4S/c1-14-21(15(2)25)29-22(24-14)16-8-10-18(11-9-16)28-13-20(26)23-12-17-6-4-5-7-19(17)27-3/h4-11H,12-13H2,1-3H3,(H,23,26). The topological polar surface area (TPSA) is 77.5 Å².